The molecule has 0 spiro atoms. The van der Waals surface area contributed by atoms with E-state index in [9.17, 15) is 14.3 Å². The number of hydrogen-bond donors (Lipinski definition) is 2. The van der Waals surface area contributed by atoms with Crippen LogP contribution in [-0.4, -0.2) is 26.9 Å². The molecule has 0 amide bonds. The number of carbonyl (C=O) groups is 1. The Hall–Kier alpha value is -2.92. The van der Waals surface area contributed by atoms with E-state index in [-0.39, 0.29) is 18.2 Å². The lowest BCUT2D eigenvalue weighted by atomic mass is 9.96. The van der Waals surface area contributed by atoms with Crippen molar-refractivity contribution in [2.75, 3.05) is 0 Å². The lowest BCUT2D eigenvalue weighted by molar-refractivity contribution is -0.137. The van der Waals surface area contributed by atoms with Crippen LogP contribution in [0.2, 0.25) is 0 Å². The minimum atomic E-state index is -0.841. The molecule has 2 aromatic carbocycles. The number of aliphatic carboxylic acids is 1. The van der Waals surface area contributed by atoms with Crippen molar-refractivity contribution in [3.05, 3.63) is 71.7 Å². The fraction of sp³-hybridized carbons (Fsp3) is 0.370. The van der Waals surface area contributed by atoms with Crippen molar-refractivity contribution in [3.63, 3.8) is 0 Å². The largest absolute Gasteiger partial charge is 0.481 e. The first-order valence-electron chi connectivity index (χ1n) is 11.2. The summed E-state index contributed by atoms with van der Waals surface area (Å²) in [5.74, 6) is -0.856. The van der Waals surface area contributed by atoms with E-state index < -0.39 is 12.1 Å². The predicted molar refractivity (Wildman–Crippen MR) is 126 cm³/mol. The highest BCUT2D eigenvalue weighted by molar-refractivity contribution is 5.85. The molecule has 2 N–H and O–H groups in total. The summed E-state index contributed by atoms with van der Waals surface area (Å²) in [7, 11) is 0. The van der Waals surface area contributed by atoms with E-state index in [1.807, 2.05) is 18.2 Å². The van der Waals surface area contributed by atoms with Crippen molar-refractivity contribution >= 4 is 5.97 Å². The third kappa shape index (κ3) is 5.46. The number of hydrogen-bond acceptors (Lipinski definition) is 2. The molecule has 3 aromatic rings. The molecule has 1 atom stereocenters. The molecule has 0 radical (unpaired) electrons. The standard InChI is InChI=1S/C27H32FNO3/c1-18(2)26-19(3)25(20-8-5-4-6-9-20)27(21-12-14-22(28)15-13-21)29(26)17-16-23(30)10-7-11-24(31)32/h4-6,8-9,12-15,18,23,30H,7,10-11,16-17H2,1-3H3,(H,31,32). The van der Waals surface area contributed by atoms with Gasteiger partial charge in [0.2, 0.25) is 0 Å². The fourth-order valence-corrected chi connectivity index (χ4v) is 4.52. The Kier molecular flexibility index (Phi) is 7.86. The molecule has 0 saturated carbocycles. The van der Waals surface area contributed by atoms with Crippen molar-refractivity contribution < 1.29 is 19.4 Å². The van der Waals surface area contributed by atoms with Crippen LogP contribution >= 0.6 is 0 Å². The number of aromatic nitrogens is 1. The molecule has 3 rings (SSSR count). The van der Waals surface area contributed by atoms with E-state index in [1.165, 1.54) is 23.4 Å². The summed E-state index contributed by atoms with van der Waals surface area (Å²) >= 11 is 0. The molecule has 0 aliphatic rings. The van der Waals surface area contributed by atoms with Gasteiger partial charge in [-0.1, -0.05) is 44.2 Å². The van der Waals surface area contributed by atoms with Gasteiger partial charge in [-0.3, -0.25) is 4.79 Å². The van der Waals surface area contributed by atoms with Gasteiger partial charge in [0.1, 0.15) is 5.82 Å². The first kappa shape index (κ1) is 23.7. The second-order valence-electron chi connectivity index (χ2n) is 8.64. The highest BCUT2D eigenvalue weighted by atomic mass is 19.1. The quantitative estimate of drug-likeness (QED) is 0.386. The average Bonchev–Trinajstić information content (AvgIpc) is 3.05. The molecule has 5 heteroatoms. The van der Waals surface area contributed by atoms with Crippen LogP contribution in [-0.2, 0) is 11.3 Å². The van der Waals surface area contributed by atoms with E-state index in [1.54, 1.807) is 12.1 Å². The highest BCUT2D eigenvalue weighted by Gasteiger charge is 2.24. The molecular weight excluding hydrogens is 405 g/mol. The molecule has 0 fully saturated rings. The van der Waals surface area contributed by atoms with E-state index in [2.05, 4.69) is 37.5 Å². The zero-order valence-electron chi connectivity index (χ0n) is 19.0. The number of aliphatic hydroxyl groups excluding tert-OH is 1. The molecule has 1 unspecified atom stereocenters. The van der Waals surface area contributed by atoms with Crippen LogP contribution in [0.15, 0.2) is 54.6 Å². The summed E-state index contributed by atoms with van der Waals surface area (Å²) in [5, 5.41) is 19.3. The van der Waals surface area contributed by atoms with E-state index >= 15 is 0 Å². The first-order chi connectivity index (χ1) is 15.3. The van der Waals surface area contributed by atoms with Crippen molar-refractivity contribution in [2.45, 2.75) is 65.0 Å². The number of aliphatic hydroxyl groups is 1. The zero-order valence-corrected chi connectivity index (χ0v) is 19.0. The highest BCUT2D eigenvalue weighted by Crippen LogP contribution is 2.41. The van der Waals surface area contributed by atoms with E-state index in [0.29, 0.717) is 25.8 Å². The number of carboxylic acid groups (broad SMARTS) is 1. The molecule has 0 aliphatic carbocycles. The third-order valence-corrected chi connectivity index (χ3v) is 5.90. The second-order valence-corrected chi connectivity index (χ2v) is 8.64. The third-order valence-electron chi connectivity index (χ3n) is 5.90. The van der Waals surface area contributed by atoms with Crippen molar-refractivity contribution in [2.24, 2.45) is 0 Å². The minimum Gasteiger partial charge on any atom is -0.481 e. The van der Waals surface area contributed by atoms with Gasteiger partial charge in [-0.05, 0) is 73.1 Å². The van der Waals surface area contributed by atoms with Crippen molar-refractivity contribution in [1.29, 1.82) is 0 Å². The Balaban J connectivity index is 2.06. The van der Waals surface area contributed by atoms with Crippen LogP contribution in [0.1, 0.15) is 56.7 Å². The molecule has 0 bridgehead atoms. The molecule has 1 aromatic heterocycles. The fourth-order valence-electron chi connectivity index (χ4n) is 4.52. The predicted octanol–water partition coefficient (Wildman–Crippen LogP) is 6.40. The number of rotatable bonds is 10. The van der Waals surface area contributed by atoms with Gasteiger partial charge < -0.3 is 14.8 Å². The van der Waals surface area contributed by atoms with Crippen LogP contribution in [0.25, 0.3) is 22.4 Å². The number of halogens is 1. The Bertz CT molecular complexity index is 1040. The van der Waals surface area contributed by atoms with Gasteiger partial charge in [-0.15, -0.1) is 0 Å². The normalized spacial score (nSPS) is 12.3. The van der Waals surface area contributed by atoms with Gasteiger partial charge in [0.25, 0.3) is 0 Å². The summed E-state index contributed by atoms with van der Waals surface area (Å²) in [6.07, 6.45) is 0.934. The molecular formula is C27H32FNO3. The number of nitrogens with zero attached hydrogens (tertiary/aromatic N) is 1. The summed E-state index contributed by atoms with van der Waals surface area (Å²) in [6.45, 7) is 7.04. The van der Waals surface area contributed by atoms with Crippen LogP contribution in [0.3, 0.4) is 0 Å². The zero-order chi connectivity index (χ0) is 23.3. The van der Waals surface area contributed by atoms with Gasteiger partial charge in [-0.25, -0.2) is 4.39 Å². The monoisotopic (exact) mass is 437 g/mol. The maximum atomic E-state index is 13.7. The Morgan fingerprint density at radius 2 is 1.66 bits per heavy atom. The van der Waals surface area contributed by atoms with Gasteiger partial charge in [0.05, 0.1) is 11.8 Å². The molecule has 32 heavy (non-hydrogen) atoms. The Labute approximate surface area is 189 Å². The minimum absolute atomic E-state index is 0.0654. The molecule has 4 nitrogen and oxygen atoms in total. The second kappa shape index (κ2) is 10.6. The average molecular weight is 438 g/mol. The lowest BCUT2D eigenvalue weighted by Gasteiger charge is -2.19. The van der Waals surface area contributed by atoms with Crippen LogP contribution in [0.4, 0.5) is 4.39 Å². The Morgan fingerprint density at radius 1 is 1.00 bits per heavy atom. The number of carboxylic acids is 1. The van der Waals surface area contributed by atoms with Gasteiger partial charge >= 0.3 is 5.97 Å². The van der Waals surface area contributed by atoms with Crippen molar-refractivity contribution in [1.82, 2.24) is 4.57 Å². The summed E-state index contributed by atoms with van der Waals surface area (Å²) < 4.78 is 15.9. The maximum absolute atomic E-state index is 13.7. The van der Waals surface area contributed by atoms with Crippen molar-refractivity contribution in [3.8, 4) is 22.4 Å². The van der Waals surface area contributed by atoms with Crippen LogP contribution in [0.5, 0.6) is 0 Å². The van der Waals surface area contributed by atoms with Gasteiger partial charge in [0, 0.05) is 24.2 Å². The first-order valence-corrected chi connectivity index (χ1v) is 11.2. The maximum Gasteiger partial charge on any atom is 0.303 e. The van der Waals surface area contributed by atoms with E-state index in [4.69, 9.17) is 5.11 Å². The molecule has 0 saturated heterocycles. The van der Waals surface area contributed by atoms with Crippen LogP contribution in [0, 0.1) is 12.7 Å². The molecule has 1 heterocycles. The van der Waals surface area contributed by atoms with Crippen LogP contribution < -0.4 is 0 Å². The van der Waals surface area contributed by atoms with Gasteiger partial charge in [-0.2, -0.15) is 0 Å². The lowest BCUT2D eigenvalue weighted by Crippen LogP contribution is -2.14. The summed E-state index contributed by atoms with van der Waals surface area (Å²) in [6, 6.07) is 16.8. The van der Waals surface area contributed by atoms with Gasteiger partial charge in [0.15, 0.2) is 0 Å². The smallest absolute Gasteiger partial charge is 0.303 e. The number of benzene rings is 2. The summed E-state index contributed by atoms with van der Waals surface area (Å²) in [4.78, 5) is 10.8. The summed E-state index contributed by atoms with van der Waals surface area (Å²) in [5.41, 5.74) is 6.57. The topological polar surface area (TPSA) is 62.5 Å². The SMILES string of the molecule is Cc1c(-c2ccccc2)c(-c2ccc(F)cc2)n(CCC(O)CCCC(=O)O)c1C(C)C. The molecule has 170 valence electrons. The Morgan fingerprint density at radius 3 is 2.25 bits per heavy atom. The molecule has 0 aliphatic heterocycles. The van der Waals surface area contributed by atoms with E-state index in [0.717, 1.165) is 22.4 Å².